The molecule has 0 bridgehead atoms. The lowest BCUT2D eigenvalue weighted by Gasteiger charge is -2.12. The van der Waals surface area contributed by atoms with Gasteiger partial charge in [-0.1, -0.05) is 17.7 Å². The number of rotatable bonds is 4. The number of hydrogen-bond acceptors (Lipinski definition) is 3. The maximum absolute atomic E-state index is 8.81. The fourth-order valence-electron chi connectivity index (χ4n) is 1.79. The summed E-state index contributed by atoms with van der Waals surface area (Å²) in [7, 11) is 0. The maximum Gasteiger partial charge on any atom is 0.146 e. The third-order valence-electron chi connectivity index (χ3n) is 2.73. The van der Waals surface area contributed by atoms with E-state index >= 15 is 0 Å². The molecule has 2 rings (SSSR count). The number of nitrogen functional groups attached to an aromatic ring is 1. The van der Waals surface area contributed by atoms with Crippen molar-refractivity contribution in [1.82, 2.24) is 0 Å². The average molecular weight is 285 g/mol. The lowest BCUT2D eigenvalue weighted by Crippen LogP contribution is -1.94. The average Bonchev–Trinajstić information content (AvgIpc) is 2.44. The molecule has 100 valence electrons. The first-order chi connectivity index (χ1) is 9.63. The number of ether oxygens (including phenoxy) is 1. The van der Waals surface area contributed by atoms with Crippen LogP contribution in [0, 0.1) is 11.3 Å². The molecule has 20 heavy (non-hydrogen) atoms. The van der Waals surface area contributed by atoms with Gasteiger partial charge in [0.15, 0.2) is 0 Å². The summed E-state index contributed by atoms with van der Waals surface area (Å²) in [5, 5.41) is 9.21. The van der Waals surface area contributed by atoms with Gasteiger partial charge in [-0.15, -0.1) is 6.58 Å². The molecular weight excluding hydrogens is 272 g/mol. The summed E-state index contributed by atoms with van der Waals surface area (Å²) in [6.07, 6.45) is 2.43. The topological polar surface area (TPSA) is 59.0 Å². The molecule has 0 saturated carbocycles. The molecule has 2 aromatic carbocycles. The van der Waals surface area contributed by atoms with Crippen molar-refractivity contribution in [3.05, 3.63) is 65.2 Å². The Kier molecular flexibility index (Phi) is 4.29. The van der Waals surface area contributed by atoms with Crippen LogP contribution in [-0.2, 0) is 6.42 Å². The minimum absolute atomic E-state index is 0.394. The molecule has 3 nitrogen and oxygen atoms in total. The van der Waals surface area contributed by atoms with E-state index in [4.69, 9.17) is 27.3 Å². The highest BCUT2D eigenvalue weighted by Crippen LogP contribution is 2.33. The van der Waals surface area contributed by atoms with Crippen LogP contribution in [0.25, 0.3) is 0 Å². The smallest absolute Gasteiger partial charge is 0.146 e. The summed E-state index contributed by atoms with van der Waals surface area (Å²) in [6, 6.07) is 12.3. The van der Waals surface area contributed by atoms with E-state index < -0.39 is 0 Å². The third kappa shape index (κ3) is 3.11. The first-order valence-corrected chi connectivity index (χ1v) is 6.38. The third-order valence-corrected chi connectivity index (χ3v) is 3.03. The van der Waals surface area contributed by atoms with Gasteiger partial charge in [0.1, 0.15) is 11.5 Å². The fraction of sp³-hybridized carbons (Fsp3) is 0.0625. The molecule has 0 saturated heterocycles. The molecule has 0 aliphatic carbocycles. The minimum atomic E-state index is 0.394. The number of anilines is 1. The van der Waals surface area contributed by atoms with Crippen LogP contribution in [0.5, 0.6) is 11.5 Å². The first kappa shape index (κ1) is 14.0. The normalized spacial score (nSPS) is 9.80. The molecule has 0 aliphatic rings. The summed E-state index contributed by atoms with van der Waals surface area (Å²) in [5.74, 6) is 1.17. The molecule has 4 heteroatoms. The van der Waals surface area contributed by atoms with Crippen molar-refractivity contribution < 1.29 is 4.74 Å². The van der Waals surface area contributed by atoms with E-state index in [0.717, 1.165) is 5.56 Å². The van der Waals surface area contributed by atoms with E-state index in [1.54, 1.807) is 36.4 Å². The van der Waals surface area contributed by atoms with Crippen LogP contribution >= 0.6 is 11.6 Å². The van der Waals surface area contributed by atoms with E-state index in [2.05, 4.69) is 6.58 Å². The SMILES string of the molecule is C=CCc1cc(N)ccc1Oc1ccc(C#N)cc1Cl. The van der Waals surface area contributed by atoms with Gasteiger partial charge in [0, 0.05) is 11.3 Å². The van der Waals surface area contributed by atoms with Gasteiger partial charge < -0.3 is 10.5 Å². The second-order valence-electron chi connectivity index (χ2n) is 4.22. The fourth-order valence-corrected chi connectivity index (χ4v) is 2.00. The van der Waals surface area contributed by atoms with Gasteiger partial charge in [-0.2, -0.15) is 5.26 Å². The van der Waals surface area contributed by atoms with Crippen molar-refractivity contribution in [2.45, 2.75) is 6.42 Å². The maximum atomic E-state index is 8.81. The molecule has 0 atom stereocenters. The molecule has 2 aromatic rings. The molecule has 0 fully saturated rings. The molecule has 0 aliphatic heterocycles. The number of nitrogens with two attached hydrogens (primary N) is 1. The van der Waals surface area contributed by atoms with Gasteiger partial charge in [-0.3, -0.25) is 0 Å². The van der Waals surface area contributed by atoms with E-state index in [9.17, 15) is 0 Å². The standard InChI is InChI=1S/C16H13ClN2O/c1-2-3-12-9-13(19)5-7-15(12)20-16-6-4-11(10-18)8-14(16)17/h2,4-9H,1,3,19H2. The first-order valence-electron chi connectivity index (χ1n) is 6.01. The Morgan fingerprint density at radius 1 is 1.25 bits per heavy atom. The van der Waals surface area contributed by atoms with Gasteiger partial charge >= 0.3 is 0 Å². The van der Waals surface area contributed by atoms with Crippen LogP contribution in [0.15, 0.2) is 49.1 Å². The summed E-state index contributed by atoms with van der Waals surface area (Å²) < 4.78 is 5.80. The highest BCUT2D eigenvalue weighted by Gasteiger charge is 2.08. The largest absolute Gasteiger partial charge is 0.456 e. The van der Waals surface area contributed by atoms with Crippen molar-refractivity contribution in [3.8, 4) is 17.6 Å². The summed E-state index contributed by atoms with van der Waals surface area (Å²) >= 11 is 6.10. The Morgan fingerprint density at radius 3 is 2.65 bits per heavy atom. The number of halogens is 1. The molecule has 0 aromatic heterocycles. The second kappa shape index (κ2) is 6.14. The summed E-state index contributed by atoms with van der Waals surface area (Å²) in [5.41, 5.74) is 7.86. The van der Waals surface area contributed by atoms with E-state index in [1.165, 1.54) is 0 Å². The van der Waals surface area contributed by atoms with Crippen molar-refractivity contribution in [2.75, 3.05) is 5.73 Å². The van der Waals surface area contributed by atoms with E-state index in [1.807, 2.05) is 12.1 Å². The molecule has 2 N–H and O–H groups in total. The van der Waals surface area contributed by atoms with Gasteiger partial charge in [0.05, 0.1) is 16.7 Å². The predicted octanol–water partition coefficient (Wildman–Crippen LogP) is 4.31. The molecule has 0 heterocycles. The van der Waals surface area contributed by atoms with Gasteiger partial charge in [0.25, 0.3) is 0 Å². The van der Waals surface area contributed by atoms with Crippen LogP contribution < -0.4 is 10.5 Å². The van der Waals surface area contributed by atoms with Gasteiger partial charge in [0.2, 0.25) is 0 Å². The zero-order chi connectivity index (χ0) is 14.5. The molecular formula is C16H13ClN2O. The monoisotopic (exact) mass is 284 g/mol. The number of benzene rings is 2. The highest BCUT2D eigenvalue weighted by molar-refractivity contribution is 6.32. The molecule has 0 unspecified atom stereocenters. The Labute approximate surface area is 122 Å². The van der Waals surface area contributed by atoms with Crippen LogP contribution in [0.3, 0.4) is 0 Å². The van der Waals surface area contributed by atoms with Crippen molar-refractivity contribution in [3.63, 3.8) is 0 Å². The Morgan fingerprint density at radius 2 is 2.00 bits per heavy atom. The predicted molar refractivity (Wildman–Crippen MR) is 81.0 cm³/mol. The Balaban J connectivity index is 2.35. The Bertz CT molecular complexity index is 689. The van der Waals surface area contributed by atoms with Crippen LogP contribution in [0.4, 0.5) is 5.69 Å². The quantitative estimate of drug-likeness (QED) is 0.672. The number of nitrogens with zero attached hydrogens (tertiary/aromatic N) is 1. The molecule has 0 spiro atoms. The van der Waals surface area contributed by atoms with Crippen molar-refractivity contribution in [1.29, 1.82) is 5.26 Å². The van der Waals surface area contributed by atoms with Crippen molar-refractivity contribution >= 4 is 17.3 Å². The van der Waals surface area contributed by atoms with E-state index in [0.29, 0.717) is 34.2 Å². The van der Waals surface area contributed by atoms with Gasteiger partial charge in [-0.05, 0) is 42.8 Å². The Hall–Kier alpha value is -2.44. The van der Waals surface area contributed by atoms with Crippen LogP contribution in [0.1, 0.15) is 11.1 Å². The highest BCUT2D eigenvalue weighted by atomic mass is 35.5. The van der Waals surface area contributed by atoms with Crippen LogP contribution in [0.2, 0.25) is 5.02 Å². The lowest BCUT2D eigenvalue weighted by molar-refractivity contribution is 0.478. The zero-order valence-electron chi connectivity index (χ0n) is 10.8. The van der Waals surface area contributed by atoms with Crippen molar-refractivity contribution in [2.24, 2.45) is 0 Å². The van der Waals surface area contributed by atoms with Crippen LogP contribution in [-0.4, -0.2) is 0 Å². The molecule has 0 radical (unpaired) electrons. The van der Waals surface area contributed by atoms with Gasteiger partial charge in [-0.25, -0.2) is 0 Å². The summed E-state index contributed by atoms with van der Waals surface area (Å²) in [6.45, 7) is 3.72. The van der Waals surface area contributed by atoms with E-state index in [-0.39, 0.29) is 0 Å². The number of hydrogen-bond donors (Lipinski definition) is 1. The number of nitriles is 1. The number of allylic oxidation sites excluding steroid dienone is 1. The lowest BCUT2D eigenvalue weighted by atomic mass is 10.1. The minimum Gasteiger partial charge on any atom is -0.456 e. The molecule has 0 amide bonds. The summed E-state index contributed by atoms with van der Waals surface area (Å²) in [4.78, 5) is 0. The second-order valence-corrected chi connectivity index (χ2v) is 4.63. The zero-order valence-corrected chi connectivity index (χ0v) is 11.5.